The standard InChI is InChI=1S/C28H57NO2P/c1-6-8-9-10-11-12-13-14-15-16-17-18-19-20-21-22-23-24-25-27-28(26-7-2,32(30)31)29(3,4)5/h18-19H,6-17,20-27H2,1-5H3/q+1. The Labute approximate surface area is 202 Å². The third kappa shape index (κ3) is 14.7. The fourth-order valence-electron chi connectivity index (χ4n) is 4.81. The smallest absolute Gasteiger partial charge is 0.314 e. The van der Waals surface area contributed by atoms with E-state index in [1.54, 1.807) is 0 Å². The average molecular weight is 471 g/mol. The summed E-state index contributed by atoms with van der Waals surface area (Å²) in [7, 11) is 3.67. The van der Waals surface area contributed by atoms with E-state index in [0.29, 0.717) is 4.48 Å². The second-order valence-corrected chi connectivity index (χ2v) is 12.1. The van der Waals surface area contributed by atoms with Crippen molar-refractivity contribution in [3.63, 3.8) is 0 Å². The fraction of sp³-hybridized carbons (Fsp3) is 0.929. The minimum Gasteiger partial charge on any atom is -0.314 e. The molecule has 1 atom stereocenters. The van der Waals surface area contributed by atoms with Crippen molar-refractivity contribution >= 4 is 7.68 Å². The largest absolute Gasteiger partial charge is 0.378 e. The number of hydrogen-bond donors (Lipinski definition) is 0. The second kappa shape index (κ2) is 20.0. The van der Waals surface area contributed by atoms with Crippen LogP contribution in [0.4, 0.5) is 0 Å². The predicted octanol–water partition coefficient (Wildman–Crippen LogP) is 9.96. The topological polar surface area (TPSA) is 34.1 Å². The number of quaternary nitrogens is 1. The molecule has 0 amide bonds. The maximum absolute atomic E-state index is 12.1. The maximum atomic E-state index is 12.1. The van der Waals surface area contributed by atoms with Crippen molar-refractivity contribution in [2.24, 2.45) is 0 Å². The highest BCUT2D eigenvalue weighted by atomic mass is 31.1. The van der Waals surface area contributed by atoms with Crippen molar-refractivity contribution in [1.82, 2.24) is 0 Å². The first-order valence-electron chi connectivity index (χ1n) is 13.9. The van der Waals surface area contributed by atoms with Gasteiger partial charge in [0, 0.05) is 12.8 Å². The van der Waals surface area contributed by atoms with Gasteiger partial charge in [-0.1, -0.05) is 103 Å². The van der Waals surface area contributed by atoms with Crippen molar-refractivity contribution in [3.8, 4) is 0 Å². The normalized spacial score (nSPS) is 14.2. The molecule has 0 N–H and O–H groups in total. The van der Waals surface area contributed by atoms with Crippen LogP contribution in [0.15, 0.2) is 12.2 Å². The number of rotatable bonds is 23. The molecular weight excluding hydrogens is 413 g/mol. The van der Waals surface area contributed by atoms with Gasteiger partial charge in [-0.2, -0.15) is 0 Å². The Morgan fingerprint density at radius 3 is 1.34 bits per heavy atom. The Balaban J connectivity index is 3.66. The van der Waals surface area contributed by atoms with Crippen LogP contribution in [0.25, 0.3) is 0 Å². The minimum absolute atomic E-state index is 0.517. The molecule has 4 heteroatoms. The van der Waals surface area contributed by atoms with Crippen molar-refractivity contribution in [3.05, 3.63) is 12.2 Å². The summed E-state index contributed by atoms with van der Waals surface area (Å²) in [4.78, 5) is 0. The molecular formula is C28H57NO2P+. The quantitative estimate of drug-likeness (QED) is 0.0644. The van der Waals surface area contributed by atoms with Crippen LogP contribution in [-0.4, -0.2) is 30.9 Å². The fourth-order valence-corrected chi connectivity index (χ4v) is 6.05. The number of unbranched alkanes of at least 4 members (excludes halogenated alkanes) is 15. The highest BCUT2D eigenvalue weighted by Crippen LogP contribution is 2.44. The molecule has 0 aliphatic heterocycles. The van der Waals surface area contributed by atoms with Crippen LogP contribution in [0.5, 0.6) is 0 Å². The first-order chi connectivity index (χ1) is 15.3. The first-order valence-corrected chi connectivity index (χ1v) is 15.1. The molecule has 0 radical (unpaired) electrons. The SMILES string of the molecule is CCCCCCCCCCCCC=CCCCCCCCC(CCC)(P(=O)=O)[N+](C)(C)C. The van der Waals surface area contributed by atoms with Crippen LogP contribution in [0.1, 0.15) is 142 Å². The molecule has 0 fully saturated rings. The van der Waals surface area contributed by atoms with Gasteiger partial charge in [0.25, 0.3) is 0 Å². The molecule has 1 unspecified atom stereocenters. The third-order valence-electron chi connectivity index (χ3n) is 7.08. The summed E-state index contributed by atoms with van der Waals surface area (Å²) in [5.41, 5.74) is 0. The van der Waals surface area contributed by atoms with E-state index in [1.165, 1.54) is 96.3 Å². The number of nitrogens with zero attached hydrogens (tertiary/aromatic N) is 1. The van der Waals surface area contributed by atoms with E-state index in [2.05, 4.69) is 26.0 Å². The number of allylic oxidation sites excluding steroid dienone is 2. The van der Waals surface area contributed by atoms with Gasteiger partial charge in [0.05, 0.1) is 21.1 Å². The Morgan fingerprint density at radius 1 is 0.562 bits per heavy atom. The summed E-state index contributed by atoms with van der Waals surface area (Å²) in [6, 6.07) is 0. The Bertz CT molecular complexity index is 514. The summed E-state index contributed by atoms with van der Waals surface area (Å²) in [6.45, 7) is 4.37. The van der Waals surface area contributed by atoms with Gasteiger partial charge in [0.1, 0.15) is 0 Å². The van der Waals surface area contributed by atoms with E-state index in [-0.39, 0.29) is 0 Å². The van der Waals surface area contributed by atoms with Gasteiger partial charge >= 0.3 is 7.68 Å². The van der Waals surface area contributed by atoms with Crippen LogP contribution in [0.2, 0.25) is 0 Å². The highest BCUT2D eigenvalue weighted by molar-refractivity contribution is 7.32. The molecule has 0 aromatic carbocycles. The zero-order valence-electron chi connectivity index (χ0n) is 22.5. The lowest BCUT2D eigenvalue weighted by molar-refractivity contribution is -0.908. The van der Waals surface area contributed by atoms with Gasteiger partial charge in [0.2, 0.25) is 5.28 Å². The molecule has 0 saturated carbocycles. The molecule has 190 valence electrons. The summed E-state index contributed by atoms with van der Waals surface area (Å²) in [5, 5.41) is -0.596. The van der Waals surface area contributed by atoms with Crippen LogP contribution >= 0.6 is 7.68 Å². The third-order valence-corrected chi connectivity index (χ3v) is 8.80. The van der Waals surface area contributed by atoms with E-state index in [9.17, 15) is 9.13 Å². The van der Waals surface area contributed by atoms with E-state index in [4.69, 9.17) is 0 Å². The molecule has 0 bridgehead atoms. The number of hydrogen-bond acceptors (Lipinski definition) is 2. The van der Waals surface area contributed by atoms with E-state index in [1.807, 2.05) is 21.1 Å². The lowest BCUT2D eigenvalue weighted by Gasteiger charge is -2.41. The average Bonchev–Trinajstić information content (AvgIpc) is 2.73. The first kappa shape index (κ1) is 31.6. The molecule has 0 aromatic rings. The summed E-state index contributed by atoms with van der Waals surface area (Å²) in [5.74, 6) is 0. The monoisotopic (exact) mass is 470 g/mol. The molecule has 0 aromatic heterocycles. The maximum Gasteiger partial charge on any atom is 0.378 e. The van der Waals surface area contributed by atoms with Crippen molar-refractivity contribution < 1.29 is 13.6 Å². The molecule has 32 heavy (non-hydrogen) atoms. The van der Waals surface area contributed by atoms with Crippen molar-refractivity contribution in [1.29, 1.82) is 0 Å². The molecule has 0 spiro atoms. The minimum atomic E-state index is -2.42. The van der Waals surface area contributed by atoms with E-state index in [0.717, 1.165) is 32.1 Å². The van der Waals surface area contributed by atoms with Gasteiger partial charge in [-0.15, -0.1) is 0 Å². The summed E-state index contributed by atoms with van der Waals surface area (Å²) < 4.78 is 24.7. The van der Waals surface area contributed by atoms with E-state index < -0.39 is 13.0 Å². The molecule has 3 nitrogen and oxygen atoms in total. The second-order valence-electron chi connectivity index (χ2n) is 10.8. The molecule has 0 saturated heterocycles. The summed E-state index contributed by atoms with van der Waals surface area (Å²) >= 11 is 0. The zero-order chi connectivity index (χ0) is 24.1. The molecule has 0 aliphatic carbocycles. The van der Waals surface area contributed by atoms with Crippen LogP contribution in [-0.2, 0) is 9.13 Å². The van der Waals surface area contributed by atoms with Gasteiger partial charge in [-0.05, 0) is 38.5 Å². The van der Waals surface area contributed by atoms with Crippen LogP contribution in [0.3, 0.4) is 0 Å². The van der Waals surface area contributed by atoms with Gasteiger partial charge < -0.3 is 4.48 Å². The Hall–Kier alpha value is -0.400. The predicted molar refractivity (Wildman–Crippen MR) is 142 cm³/mol. The van der Waals surface area contributed by atoms with E-state index >= 15 is 0 Å². The Morgan fingerprint density at radius 2 is 0.969 bits per heavy atom. The zero-order valence-corrected chi connectivity index (χ0v) is 23.4. The van der Waals surface area contributed by atoms with Gasteiger partial charge in [0.15, 0.2) is 0 Å². The summed E-state index contributed by atoms with van der Waals surface area (Å²) in [6.07, 6.45) is 29.7. The lowest BCUT2D eigenvalue weighted by Crippen LogP contribution is -2.53. The molecule has 0 heterocycles. The van der Waals surface area contributed by atoms with Crippen molar-refractivity contribution in [2.75, 3.05) is 21.1 Å². The molecule has 0 rings (SSSR count). The lowest BCUT2D eigenvalue weighted by atomic mass is 9.99. The molecule has 0 aliphatic rings. The van der Waals surface area contributed by atoms with Crippen LogP contribution < -0.4 is 0 Å². The Kier molecular flexibility index (Phi) is 19.8. The van der Waals surface area contributed by atoms with Gasteiger partial charge in [-0.3, -0.25) is 0 Å². The van der Waals surface area contributed by atoms with Crippen LogP contribution in [0, 0.1) is 0 Å². The van der Waals surface area contributed by atoms with Crippen molar-refractivity contribution in [2.45, 2.75) is 148 Å². The highest BCUT2D eigenvalue weighted by Gasteiger charge is 2.47. The van der Waals surface area contributed by atoms with Gasteiger partial charge in [-0.25, -0.2) is 9.13 Å².